The van der Waals surface area contributed by atoms with Gasteiger partial charge in [-0.3, -0.25) is 10.1 Å². The third-order valence-corrected chi connectivity index (χ3v) is 4.05. The molecule has 0 bridgehead atoms. The molecule has 98 valence electrons. The number of rotatable bonds is 5. The van der Waals surface area contributed by atoms with Crippen molar-refractivity contribution < 1.29 is 14.6 Å². The summed E-state index contributed by atoms with van der Waals surface area (Å²) in [6.07, 6.45) is 7.35. The van der Waals surface area contributed by atoms with Crippen LogP contribution in [0.15, 0.2) is 0 Å². The van der Waals surface area contributed by atoms with E-state index in [4.69, 9.17) is 4.74 Å². The largest absolute Gasteiger partial charge is 0.480 e. The molecular weight excluding hydrogens is 218 g/mol. The molecule has 2 aliphatic carbocycles. The second-order valence-corrected chi connectivity index (χ2v) is 5.35. The molecule has 2 rings (SSSR count). The molecule has 0 unspecified atom stereocenters. The van der Waals surface area contributed by atoms with E-state index in [-0.39, 0.29) is 6.10 Å². The lowest BCUT2D eigenvalue weighted by atomic mass is 9.73. The van der Waals surface area contributed by atoms with E-state index in [1.54, 1.807) is 0 Å². The van der Waals surface area contributed by atoms with Crippen molar-refractivity contribution in [1.82, 2.24) is 5.32 Å². The van der Waals surface area contributed by atoms with E-state index in [0.717, 1.165) is 12.8 Å². The molecule has 2 aliphatic rings. The summed E-state index contributed by atoms with van der Waals surface area (Å²) in [4.78, 5) is 11.4. The predicted octanol–water partition coefficient (Wildman–Crippen LogP) is 1.93. The first kappa shape index (κ1) is 12.8. The Kier molecular flexibility index (Phi) is 4.05. The van der Waals surface area contributed by atoms with Crippen LogP contribution in [0.25, 0.3) is 0 Å². The molecule has 4 heteroatoms. The third kappa shape index (κ3) is 2.80. The first-order valence-corrected chi connectivity index (χ1v) is 6.79. The number of carboxylic acid groups (broad SMARTS) is 1. The summed E-state index contributed by atoms with van der Waals surface area (Å²) in [5.41, 5.74) is -0.707. The van der Waals surface area contributed by atoms with Crippen LogP contribution in [0.4, 0.5) is 0 Å². The molecule has 2 saturated carbocycles. The van der Waals surface area contributed by atoms with Crippen molar-refractivity contribution in [1.29, 1.82) is 0 Å². The van der Waals surface area contributed by atoms with Gasteiger partial charge in [0.2, 0.25) is 0 Å². The molecule has 0 aliphatic heterocycles. The smallest absolute Gasteiger partial charge is 0.324 e. The van der Waals surface area contributed by atoms with Gasteiger partial charge >= 0.3 is 5.97 Å². The van der Waals surface area contributed by atoms with Gasteiger partial charge in [0.25, 0.3) is 0 Å². The number of carbonyl (C=O) groups is 1. The van der Waals surface area contributed by atoms with E-state index in [1.165, 1.54) is 19.3 Å². The van der Waals surface area contributed by atoms with Crippen molar-refractivity contribution in [3.63, 3.8) is 0 Å². The van der Waals surface area contributed by atoms with E-state index in [9.17, 15) is 9.90 Å². The van der Waals surface area contributed by atoms with Crippen LogP contribution in [-0.2, 0) is 9.53 Å². The molecule has 0 saturated heterocycles. The summed E-state index contributed by atoms with van der Waals surface area (Å²) in [6.45, 7) is 2.62. The summed E-state index contributed by atoms with van der Waals surface area (Å²) in [5, 5.41) is 12.8. The van der Waals surface area contributed by atoms with Crippen LogP contribution in [-0.4, -0.2) is 35.4 Å². The fourth-order valence-electron chi connectivity index (χ4n) is 3.06. The molecule has 17 heavy (non-hydrogen) atoms. The van der Waals surface area contributed by atoms with Crippen molar-refractivity contribution in [3.8, 4) is 0 Å². The number of hydrogen-bond acceptors (Lipinski definition) is 3. The highest BCUT2D eigenvalue weighted by Crippen LogP contribution is 2.36. The van der Waals surface area contributed by atoms with Crippen molar-refractivity contribution in [3.05, 3.63) is 0 Å². The van der Waals surface area contributed by atoms with Crippen LogP contribution >= 0.6 is 0 Å². The van der Waals surface area contributed by atoms with E-state index < -0.39 is 11.5 Å². The van der Waals surface area contributed by atoms with Gasteiger partial charge in [-0.25, -0.2) is 0 Å². The maximum absolute atomic E-state index is 11.4. The zero-order valence-corrected chi connectivity index (χ0v) is 10.6. The van der Waals surface area contributed by atoms with E-state index in [2.05, 4.69) is 5.32 Å². The molecule has 0 radical (unpaired) electrons. The minimum atomic E-state index is -0.709. The van der Waals surface area contributed by atoms with Crippen molar-refractivity contribution in [2.75, 3.05) is 6.61 Å². The SMILES string of the molecule is CCOC1CC(NC2CCCCC2)(C(=O)O)C1. The van der Waals surface area contributed by atoms with Gasteiger partial charge in [0.1, 0.15) is 5.54 Å². The normalized spacial score (nSPS) is 34.3. The van der Waals surface area contributed by atoms with Gasteiger partial charge in [-0.05, 0) is 19.8 Å². The molecular formula is C13H23NO3. The first-order valence-electron chi connectivity index (χ1n) is 6.79. The highest BCUT2D eigenvalue weighted by molar-refractivity contribution is 5.80. The average Bonchev–Trinajstić information content (AvgIpc) is 2.27. The summed E-state index contributed by atoms with van der Waals surface area (Å²) in [7, 11) is 0. The van der Waals surface area contributed by atoms with Crippen LogP contribution in [0, 0.1) is 0 Å². The molecule has 0 aromatic carbocycles. The quantitative estimate of drug-likeness (QED) is 0.772. The number of aliphatic carboxylic acids is 1. The maximum atomic E-state index is 11.4. The van der Waals surface area contributed by atoms with Crippen LogP contribution < -0.4 is 5.32 Å². The monoisotopic (exact) mass is 241 g/mol. The molecule has 2 N–H and O–H groups in total. The van der Waals surface area contributed by atoms with Gasteiger partial charge in [0.15, 0.2) is 0 Å². The maximum Gasteiger partial charge on any atom is 0.324 e. The lowest BCUT2D eigenvalue weighted by molar-refractivity contribution is -0.158. The fraction of sp³-hybridized carbons (Fsp3) is 0.923. The third-order valence-electron chi connectivity index (χ3n) is 4.05. The Hall–Kier alpha value is -0.610. The second kappa shape index (κ2) is 5.36. The van der Waals surface area contributed by atoms with Crippen molar-refractivity contribution in [2.45, 2.75) is 69.6 Å². The van der Waals surface area contributed by atoms with Crippen molar-refractivity contribution in [2.24, 2.45) is 0 Å². The van der Waals surface area contributed by atoms with Gasteiger partial charge in [-0.15, -0.1) is 0 Å². The first-order chi connectivity index (χ1) is 8.16. The number of nitrogens with one attached hydrogen (secondary N) is 1. The summed E-state index contributed by atoms with van der Waals surface area (Å²) in [6, 6.07) is 0.391. The Morgan fingerprint density at radius 1 is 1.35 bits per heavy atom. The summed E-state index contributed by atoms with van der Waals surface area (Å²) >= 11 is 0. The molecule has 0 heterocycles. The minimum Gasteiger partial charge on any atom is -0.480 e. The standard InChI is InChI=1S/C13H23NO3/c1-2-17-11-8-13(9-11,12(15)16)14-10-6-4-3-5-7-10/h10-11,14H,2-9H2,1H3,(H,15,16). The molecule has 4 nitrogen and oxygen atoms in total. The summed E-state index contributed by atoms with van der Waals surface area (Å²) in [5.74, 6) is -0.709. The van der Waals surface area contributed by atoms with Gasteiger partial charge < -0.3 is 9.84 Å². The zero-order valence-electron chi connectivity index (χ0n) is 10.6. The van der Waals surface area contributed by atoms with Crippen LogP contribution in [0.3, 0.4) is 0 Å². The highest BCUT2D eigenvalue weighted by atomic mass is 16.5. The molecule has 0 aromatic heterocycles. The topological polar surface area (TPSA) is 58.6 Å². The zero-order chi connectivity index (χ0) is 12.3. The van der Waals surface area contributed by atoms with E-state index in [1.807, 2.05) is 6.92 Å². The van der Waals surface area contributed by atoms with Crippen LogP contribution in [0.5, 0.6) is 0 Å². The number of hydrogen-bond donors (Lipinski definition) is 2. The Morgan fingerprint density at radius 2 is 2.00 bits per heavy atom. The van der Waals surface area contributed by atoms with Crippen LogP contribution in [0.1, 0.15) is 51.9 Å². The molecule has 0 amide bonds. The van der Waals surface area contributed by atoms with Gasteiger partial charge in [0.05, 0.1) is 6.10 Å². The van der Waals surface area contributed by atoms with Crippen molar-refractivity contribution >= 4 is 5.97 Å². The predicted molar refractivity (Wildman–Crippen MR) is 65.0 cm³/mol. The minimum absolute atomic E-state index is 0.132. The molecule has 0 aromatic rings. The lowest BCUT2D eigenvalue weighted by Crippen LogP contribution is -2.65. The lowest BCUT2D eigenvalue weighted by Gasteiger charge is -2.47. The average molecular weight is 241 g/mol. The van der Waals surface area contributed by atoms with Gasteiger partial charge in [-0.2, -0.15) is 0 Å². The fourth-order valence-corrected chi connectivity index (χ4v) is 3.06. The number of carboxylic acids is 1. The Balaban J connectivity index is 1.88. The Morgan fingerprint density at radius 3 is 2.53 bits per heavy atom. The van der Waals surface area contributed by atoms with E-state index >= 15 is 0 Å². The Labute approximate surface area is 103 Å². The molecule has 2 fully saturated rings. The van der Waals surface area contributed by atoms with Gasteiger partial charge in [0, 0.05) is 25.5 Å². The summed E-state index contributed by atoms with van der Waals surface area (Å²) < 4.78 is 5.47. The molecule has 0 atom stereocenters. The molecule has 0 spiro atoms. The highest BCUT2D eigenvalue weighted by Gasteiger charge is 2.51. The van der Waals surface area contributed by atoms with Gasteiger partial charge in [-0.1, -0.05) is 19.3 Å². The van der Waals surface area contributed by atoms with Crippen LogP contribution in [0.2, 0.25) is 0 Å². The Bertz CT molecular complexity index is 268. The van der Waals surface area contributed by atoms with E-state index in [0.29, 0.717) is 25.5 Å². The number of ether oxygens (including phenoxy) is 1. The second-order valence-electron chi connectivity index (χ2n) is 5.35.